The molecule has 37 heavy (non-hydrogen) atoms. The van der Waals surface area contributed by atoms with Crippen LogP contribution < -0.4 is 0 Å². The Morgan fingerprint density at radius 3 is 2.57 bits per heavy atom. The Hall–Kier alpha value is -2.67. The van der Waals surface area contributed by atoms with Crippen LogP contribution in [-0.4, -0.2) is 58.8 Å². The predicted molar refractivity (Wildman–Crippen MR) is 131 cm³/mol. The molecule has 1 aliphatic rings. The second-order valence-electron chi connectivity index (χ2n) is 8.50. The van der Waals surface area contributed by atoms with Crippen LogP contribution in [0.5, 0.6) is 0 Å². The second-order valence-corrected chi connectivity index (χ2v) is 9.72. The van der Waals surface area contributed by atoms with Gasteiger partial charge in [0.05, 0.1) is 29.6 Å². The van der Waals surface area contributed by atoms with E-state index in [9.17, 15) is 19.0 Å². The first kappa shape index (κ1) is 26.0. The monoisotopic (exact) mass is 570 g/mol. The Kier molecular flexibility index (Phi) is 7.18. The minimum atomic E-state index is -1.18. The third-order valence-electron chi connectivity index (χ3n) is 6.04. The van der Waals surface area contributed by atoms with Crippen molar-refractivity contribution in [1.29, 1.82) is 0 Å². The summed E-state index contributed by atoms with van der Waals surface area (Å²) in [4.78, 5) is 4.50. The zero-order valence-electron chi connectivity index (χ0n) is 19.1. The van der Waals surface area contributed by atoms with Gasteiger partial charge in [-0.15, -0.1) is 5.10 Å². The first-order valence-corrected chi connectivity index (χ1v) is 12.2. The van der Waals surface area contributed by atoms with Gasteiger partial charge in [-0.3, -0.25) is 0 Å². The fourth-order valence-electron chi connectivity index (χ4n) is 4.28. The molecule has 5 rings (SSSR count). The lowest BCUT2D eigenvalue weighted by molar-refractivity contribution is -0.161. The molecule has 4 aromatic rings. The zero-order chi connectivity index (χ0) is 26.4. The number of aliphatic hydroxyl groups is 2. The quantitative estimate of drug-likeness (QED) is 0.340. The number of aliphatic hydroxyl groups excluding tert-OH is 2. The van der Waals surface area contributed by atoms with Crippen molar-refractivity contribution in [3.05, 3.63) is 74.9 Å². The minimum Gasteiger partial charge on any atom is -0.394 e. The predicted octanol–water partition coefficient (Wildman–Crippen LogP) is 4.50. The highest BCUT2D eigenvalue weighted by atomic mass is 35.5. The van der Waals surface area contributed by atoms with E-state index < -0.39 is 47.6 Å². The van der Waals surface area contributed by atoms with Crippen molar-refractivity contribution in [1.82, 2.24) is 29.8 Å². The highest BCUT2D eigenvalue weighted by Crippen LogP contribution is 2.39. The molecule has 2 aromatic carbocycles. The van der Waals surface area contributed by atoms with Crippen molar-refractivity contribution in [2.24, 2.45) is 0 Å². The summed E-state index contributed by atoms with van der Waals surface area (Å²) < 4.78 is 36.8. The van der Waals surface area contributed by atoms with E-state index in [-0.39, 0.29) is 17.7 Å². The van der Waals surface area contributed by atoms with Gasteiger partial charge >= 0.3 is 0 Å². The smallest absolute Gasteiger partial charge is 0.161 e. The van der Waals surface area contributed by atoms with Gasteiger partial charge in [0.2, 0.25) is 0 Å². The molecule has 2 aromatic heterocycles. The fourth-order valence-corrected chi connectivity index (χ4v) is 4.75. The summed E-state index contributed by atoms with van der Waals surface area (Å²) in [5, 5.41) is 33.6. The van der Waals surface area contributed by atoms with Gasteiger partial charge in [0, 0.05) is 17.0 Å². The molecule has 3 heterocycles. The van der Waals surface area contributed by atoms with Crippen LogP contribution in [0.3, 0.4) is 0 Å². The topological polar surface area (TPSA) is 111 Å². The van der Waals surface area contributed by atoms with Crippen LogP contribution in [-0.2, 0) is 4.74 Å². The summed E-state index contributed by atoms with van der Waals surface area (Å²) in [6.45, 7) is 1.21. The van der Waals surface area contributed by atoms with Crippen LogP contribution in [0.1, 0.15) is 30.2 Å². The lowest BCUT2D eigenvalue weighted by atomic mass is 9.95. The maximum Gasteiger partial charge on any atom is 0.161 e. The summed E-state index contributed by atoms with van der Waals surface area (Å²) in [6.07, 6.45) is -1.33. The van der Waals surface area contributed by atoms with Crippen molar-refractivity contribution in [2.75, 3.05) is 6.61 Å². The number of aromatic nitrogens is 6. The lowest BCUT2D eigenvalue weighted by Crippen LogP contribution is -2.45. The summed E-state index contributed by atoms with van der Waals surface area (Å²) in [5.74, 6) is -1.06. The van der Waals surface area contributed by atoms with Gasteiger partial charge in [0.1, 0.15) is 46.5 Å². The number of halogens is 5. The molecule has 0 saturated carbocycles. The molecular formula is C23H19Cl3F2N6O3. The minimum absolute atomic E-state index is 0.119. The van der Waals surface area contributed by atoms with E-state index in [2.05, 4.69) is 20.4 Å². The van der Waals surface area contributed by atoms with E-state index in [1.165, 1.54) is 15.6 Å². The molecule has 1 saturated heterocycles. The van der Waals surface area contributed by atoms with Crippen molar-refractivity contribution >= 4 is 34.8 Å². The first-order chi connectivity index (χ1) is 17.7. The van der Waals surface area contributed by atoms with Gasteiger partial charge in [0.15, 0.2) is 5.82 Å². The van der Waals surface area contributed by atoms with Crippen LogP contribution in [0, 0.1) is 18.6 Å². The zero-order valence-corrected chi connectivity index (χ0v) is 21.3. The number of ether oxygens (including phenoxy) is 1. The maximum atomic E-state index is 14.0. The van der Waals surface area contributed by atoms with Crippen LogP contribution in [0.15, 0.2) is 36.5 Å². The number of hydrogen-bond donors (Lipinski definition) is 2. The van der Waals surface area contributed by atoms with Crippen molar-refractivity contribution < 1.29 is 23.7 Å². The van der Waals surface area contributed by atoms with E-state index in [1.54, 1.807) is 25.1 Å². The molecule has 0 unspecified atom stereocenters. The summed E-state index contributed by atoms with van der Waals surface area (Å²) in [6, 6.07) is 6.25. The van der Waals surface area contributed by atoms with Crippen LogP contribution in [0.25, 0.3) is 16.9 Å². The van der Waals surface area contributed by atoms with Gasteiger partial charge < -0.3 is 14.9 Å². The van der Waals surface area contributed by atoms with Crippen LogP contribution in [0.4, 0.5) is 8.78 Å². The fraction of sp³-hybridized carbons (Fsp3) is 0.304. The van der Waals surface area contributed by atoms with Crippen LogP contribution in [0.2, 0.25) is 15.1 Å². The van der Waals surface area contributed by atoms with E-state index >= 15 is 0 Å². The summed E-state index contributed by atoms with van der Waals surface area (Å²) in [5.41, 5.74) is 0.759. The number of rotatable bonds is 5. The molecule has 9 nitrogen and oxygen atoms in total. The van der Waals surface area contributed by atoms with Gasteiger partial charge in [-0.25, -0.2) is 23.1 Å². The van der Waals surface area contributed by atoms with E-state index in [4.69, 9.17) is 39.5 Å². The van der Waals surface area contributed by atoms with Crippen molar-refractivity contribution in [2.45, 2.75) is 37.7 Å². The van der Waals surface area contributed by atoms with E-state index in [1.807, 2.05) is 0 Å². The first-order valence-electron chi connectivity index (χ1n) is 11.1. The number of hydrogen-bond acceptors (Lipinski definition) is 7. The van der Waals surface area contributed by atoms with Gasteiger partial charge in [-0.1, -0.05) is 40.0 Å². The van der Waals surface area contributed by atoms with Crippen molar-refractivity contribution in [3.63, 3.8) is 0 Å². The normalized spacial score (nSPS) is 21.9. The molecule has 194 valence electrons. The largest absolute Gasteiger partial charge is 0.394 e. The molecule has 1 fully saturated rings. The highest BCUT2D eigenvalue weighted by Gasteiger charge is 2.41. The molecule has 14 heteroatoms. The van der Waals surface area contributed by atoms with E-state index in [0.29, 0.717) is 27.4 Å². The number of benzene rings is 2. The average molecular weight is 572 g/mol. The second kappa shape index (κ2) is 10.2. The Morgan fingerprint density at radius 1 is 1.14 bits per heavy atom. The molecule has 0 amide bonds. The molecular weight excluding hydrogens is 553 g/mol. The Bertz CT molecular complexity index is 1440. The Morgan fingerprint density at radius 2 is 1.86 bits per heavy atom. The molecule has 0 aliphatic carbocycles. The standard InChI is InChI=1S/C23H19Cl3F2N6O3/c1-10-29-23(34(31-10)17-6-12(24)2-3-13(17)25)19-7-18(22(36)20(9-35)37-19)33-8-16(30-32-33)11-4-14(27)21(26)15(28)5-11/h2-6,8,18-20,22,35-36H,7,9H2,1H3/t18-,19-,20+,22+/m1/s1. The maximum absolute atomic E-state index is 14.0. The Balaban J connectivity index is 1.51. The molecule has 0 bridgehead atoms. The summed E-state index contributed by atoms with van der Waals surface area (Å²) in [7, 11) is 0. The van der Waals surface area contributed by atoms with Crippen LogP contribution >= 0.6 is 34.8 Å². The van der Waals surface area contributed by atoms with Gasteiger partial charge in [0.25, 0.3) is 0 Å². The molecule has 0 radical (unpaired) electrons. The SMILES string of the molecule is Cc1nc([C@H]2C[C@@H](n3cc(-c4cc(F)c(Cl)c(F)c4)nn3)[C@H](O)[C@H](CO)O2)n(-c2cc(Cl)ccc2Cl)n1. The molecule has 1 aliphatic heterocycles. The molecule has 4 atom stereocenters. The molecule has 0 spiro atoms. The van der Waals surface area contributed by atoms with Crippen molar-refractivity contribution in [3.8, 4) is 16.9 Å². The number of aryl methyl sites for hydroxylation is 1. The third-order valence-corrected chi connectivity index (χ3v) is 6.96. The van der Waals surface area contributed by atoms with E-state index in [0.717, 1.165) is 12.1 Å². The average Bonchev–Trinajstić information content (AvgIpc) is 3.51. The number of nitrogens with zero attached hydrogens (tertiary/aromatic N) is 6. The third kappa shape index (κ3) is 4.95. The van der Waals surface area contributed by atoms with Gasteiger partial charge in [-0.05, 0) is 37.3 Å². The van der Waals surface area contributed by atoms with Gasteiger partial charge in [-0.2, -0.15) is 5.10 Å². The summed E-state index contributed by atoms with van der Waals surface area (Å²) >= 11 is 18.1. The highest BCUT2D eigenvalue weighted by molar-refractivity contribution is 6.34. The Labute approximate surface area is 224 Å². The lowest BCUT2D eigenvalue weighted by Gasteiger charge is -2.38. The molecule has 2 N–H and O–H groups in total.